The van der Waals surface area contributed by atoms with E-state index in [1.807, 2.05) is 39.0 Å². The number of nitrogens with zero attached hydrogens (tertiary/aromatic N) is 1. The van der Waals surface area contributed by atoms with Crippen molar-refractivity contribution >= 4 is 17.7 Å². The molecule has 1 aliphatic heterocycles. The number of carboxylic acid groups (broad SMARTS) is 1. The van der Waals surface area contributed by atoms with Crippen LogP contribution in [0.25, 0.3) is 0 Å². The van der Waals surface area contributed by atoms with Crippen LogP contribution in [0.4, 0.5) is 5.82 Å². The summed E-state index contributed by atoms with van der Waals surface area (Å²) < 4.78 is 11.9. The summed E-state index contributed by atoms with van der Waals surface area (Å²) in [6.45, 7) is 7.86. The van der Waals surface area contributed by atoms with E-state index >= 15 is 0 Å². The number of methoxy groups -OCH3 is 1. The van der Waals surface area contributed by atoms with Crippen LogP contribution in [0.3, 0.4) is 0 Å². The molecule has 2 heterocycles. The van der Waals surface area contributed by atoms with Crippen molar-refractivity contribution in [1.29, 1.82) is 0 Å². The van der Waals surface area contributed by atoms with E-state index in [2.05, 4.69) is 15.5 Å². The van der Waals surface area contributed by atoms with Crippen LogP contribution in [-0.2, 0) is 10.2 Å². The molecule has 1 aromatic heterocycles. The van der Waals surface area contributed by atoms with Crippen LogP contribution in [0.2, 0.25) is 0 Å². The average molecular weight is 450 g/mol. The van der Waals surface area contributed by atoms with Crippen molar-refractivity contribution in [1.82, 2.24) is 10.2 Å². The van der Waals surface area contributed by atoms with E-state index in [4.69, 9.17) is 9.47 Å². The van der Waals surface area contributed by atoms with Crippen molar-refractivity contribution in [2.45, 2.75) is 45.4 Å². The van der Waals surface area contributed by atoms with E-state index in [1.165, 1.54) is 0 Å². The van der Waals surface area contributed by atoms with E-state index < -0.39 is 5.97 Å². The molecule has 33 heavy (non-hydrogen) atoms. The Morgan fingerprint density at radius 3 is 2.55 bits per heavy atom. The number of aromatic amines is 1. The Kier molecular flexibility index (Phi) is 5.61. The van der Waals surface area contributed by atoms with Crippen molar-refractivity contribution in [3.63, 3.8) is 0 Å². The molecular formula is C25H27N3O5. The first kappa shape index (κ1) is 22.4. The molecule has 1 amide bonds. The molecule has 3 N–H and O–H groups in total. The van der Waals surface area contributed by atoms with Gasteiger partial charge in [-0.05, 0) is 47.7 Å². The Morgan fingerprint density at radius 1 is 1.15 bits per heavy atom. The summed E-state index contributed by atoms with van der Waals surface area (Å²) in [6.07, 6.45) is 2.03. The van der Waals surface area contributed by atoms with Gasteiger partial charge in [0.15, 0.2) is 11.5 Å². The Bertz CT molecular complexity index is 1240. The van der Waals surface area contributed by atoms with Gasteiger partial charge in [-0.3, -0.25) is 9.89 Å². The predicted octanol–water partition coefficient (Wildman–Crippen LogP) is 4.99. The molecule has 8 heteroatoms. The predicted molar refractivity (Wildman–Crippen MR) is 124 cm³/mol. The maximum absolute atomic E-state index is 12.2. The van der Waals surface area contributed by atoms with Gasteiger partial charge in [-0.15, -0.1) is 0 Å². The molecule has 4 rings (SSSR count). The molecule has 0 bridgehead atoms. The normalized spacial score (nSPS) is 15.5. The molecule has 0 saturated heterocycles. The number of carbonyl (C=O) groups is 2. The zero-order valence-electron chi connectivity index (χ0n) is 19.3. The summed E-state index contributed by atoms with van der Waals surface area (Å²) in [5.74, 6) is 0.994. The zero-order chi connectivity index (χ0) is 23.9. The number of H-pyrrole nitrogens is 1. The summed E-state index contributed by atoms with van der Waals surface area (Å²) in [4.78, 5) is 23.8. The quantitative estimate of drug-likeness (QED) is 0.506. The highest BCUT2D eigenvalue weighted by Crippen LogP contribution is 2.43. The van der Waals surface area contributed by atoms with E-state index in [0.29, 0.717) is 35.1 Å². The van der Waals surface area contributed by atoms with Gasteiger partial charge in [0.05, 0.1) is 18.9 Å². The highest BCUT2D eigenvalue weighted by atomic mass is 16.5. The standard InChI is InChI=1S/C25H27N3O5/c1-13-15(24(30)31)7-9-19(22(13)25(2,3)4)33-18-8-6-14(10-20(18)32-5)16-11-21(29)27-23-17(16)12-26-28-23/h6-10,12,16H,11H2,1-5H3,(H,30,31)(H2,26,27,28,29). The van der Waals surface area contributed by atoms with E-state index in [1.54, 1.807) is 32.4 Å². The van der Waals surface area contributed by atoms with Crippen LogP contribution in [0, 0.1) is 6.92 Å². The third-order valence-electron chi connectivity index (χ3n) is 5.92. The summed E-state index contributed by atoms with van der Waals surface area (Å²) in [5, 5.41) is 19.2. The minimum atomic E-state index is -0.971. The monoisotopic (exact) mass is 449 g/mol. The number of aromatic nitrogens is 2. The summed E-state index contributed by atoms with van der Waals surface area (Å²) in [5.41, 5.74) is 3.22. The maximum Gasteiger partial charge on any atom is 0.335 e. The lowest BCUT2D eigenvalue weighted by atomic mass is 9.81. The van der Waals surface area contributed by atoms with Gasteiger partial charge in [0.1, 0.15) is 11.6 Å². The number of rotatable bonds is 5. The first-order valence-corrected chi connectivity index (χ1v) is 10.7. The van der Waals surface area contributed by atoms with Crippen molar-refractivity contribution in [2.24, 2.45) is 0 Å². The highest BCUT2D eigenvalue weighted by molar-refractivity contribution is 5.94. The highest BCUT2D eigenvalue weighted by Gasteiger charge is 2.29. The van der Waals surface area contributed by atoms with Gasteiger partial charge >= 0.3 is 5.97 Å². The topological polar surface area (TPSA) is 114 Å². The molecule has 0 saturated carbocycles. The fourth-order valence-corrected chi connectivity index (χ4v) is 4.48. The number of ether oxygens (including phenoxy) is 2. The number of hydrogen-bond donors (Lipinski definition) is 3. The number of anilines is 1. The van der Waals surface area contributed by atoms with Crippen LogP contribution >= 0.6 is 0 Å². The van der Waals surface area contributed by atoms with E-state index in [9.17, 15) is 14.7 Å². The van der Waals surface area contributed by atoms with Gasteiger partial charge in [0, 0.05) is 23.5 Å². The molecule has 1 unspecified atom stereocenters. The van der Waals surface area contributed by atoms with Crippen LogP contribution in [0.15, 0.2) is 36.5 Å². The molecule has 172 valence electrons. The largest absolute Gasteiger partial charge is 0.493 e. The van der Waals surface area contributed by atoms with Crippen LogP contribution < -0.4 is 14.8 Å². The summed E-state index contributed by atoms with van der Waals surface area (Å²) in [7, 11) is 1.56. The van der Waals surface area contributed by atoms with Crippen LogP contribution in [0.1, 0.15) is 65.7 Å². The number of fused-ring (bicyclic) bond motifs is 1. The number of carbonyl (C=O) groups excluding carboxylic acids is 1. The second-order valence-corrected chi connectivity index (χ2v) is 9.18. The Hall–Kier alpha value is -3.81. The van der Waals surface area contributed by atoms with Crippen molar-refractivity contribution < 1.29 is 24.2 Å². The number of hydrogen-bond acceptors (Lipinski definition) is 5. The van der Waals surface area contributed by atoms with Crippen LogP contribution in [-0.4, -0.2) is 34.3 Å². The van der Waals surface area contributed by atoms with Crippen molar-refractivity contribution in [3.05, 3.63) is 64.3 Å². The van der Waals surface area contributed by atoms with E-state index in [0.717, 1.165) is 16.7 Å². The van der Waals surface area contributed by atoms with Gasteiger partial charge in [-0.1, -0.05) is 26.8 Å². The number of aromatic carboxylic acids is 1. The lowest BCUT2D eigenvalue weighted by molar-refractivity contribution is -0.116. The molecule has 1 aliphatic rings. The molecule has 3 aromatic rings. The van der Waals surface area contributed by atoms with Crippen molar-refractivity contribution in [3.8, 4) is 17.2 Å². The lowest BCUT2D eigenvalue weighted by Crippen LogP contribution is -2.23. The maximum atomic E-state index is 12.2. The summed E-state index contributed by atoms with van der Waals surface area (Å²) >= 11 is 0. The second-order valence-electron chi connectivity index (χ2n) is 9.18. The molecule has 0 radical (unpaired) electrons. The second kappa shape index (κ2) is 8.27. The number of nitrogens with one attached hydrogen (secondary N) is 2. The Balaban J connectivity index is 1.73. The van der Waals surface area contributed by atoms with E-state index in [-0.39, 0.29) is 22.8 Å². The molecule has 0 aliphatic carbocycles. The summed E-state index contributed by atoms with van der Waals surface area (Å²) in [6, 6.07) is 8.84. The first-order valence-electron chi connectivity index (χ1n) is 10.7. The van der Waals surface area contributed by atoms with Gasteiger partial charge in [-0.2, -0.15) is 5.10 Å². The number of benzene rings is 2. The fourth-order valence-electron chi connectivity index (χ4n) is 4.48. The number of amides is 1. The average Bonchev–Trinajstić information content (AvgIpc) is 3.20. The molecule has 8 nitrogen and oxygen atoms in total. The van der Waals surface area contributed by atoms with Gasteiger partial charge in [0.2, 0.25) is 5.91 Å². The smallest absolute Gasteiger partial charge is 0.335 e. The first-order chi connectivity index (χ1) is 15.6. The van der Waals surface area contributed by atoms with Gasteiger partial charge in [0.25, 0.3) is 0 Å². The Morgan fingerprint density at radius 2 is 1.88 bits per heavy atom. The molecule has 2 aromatic carbocycles. The van der Waals surface area contributed by atoms with Gasteiger partial charge in [-0.25, -0.2) is 4.79 Å². The lowest BCUT2D eigenvalue weighted by Gasteiger charge is -2.27. The minimum absolute atomic E-state index is 0.0835. The molecule has 1 atom stereocenters. The number of carboxylic acids is 1. The molecular weight excluding hydrogens is 422 g/mol. The zero-order valence-corrected chi connectivity index (χ0v) is 19.3. The third-order valence-corrected chi connectivity index (χ3v) is 5.92. The molecule has 0 fully saturated rings. The third kappa shape index (κ3) is 4.16. The molecule has 0 spiro atoms. The SMILES string of the molecule is COc1cc(C2CC(=O)Nc3[nH]ncc32)ccc1Oc1ccc(C(=O)O)c(C)c1C(C)(C)C. The Labute approximate surface area is 191 Å². The van der Waals surface area contributed by atoms with Crippen molar-refractivity contribution in [2.75, 3.05) is 12.4 Å². The van der Waals surface area contributed by atoms with Gasteiger partial charge < -0.3 is 19.9 Å². The van der Waals surface area contributed by atoms with Crippen LogP contribution in [0.5, 0.6) is 17.2 Å². The fraction of sp³-hybridized carbons (Fsp3) is 0.320. The minimum Gasteiger partial charge on any atom is -0.493 e.